The summed E-state index contributed by atoms with van der Waals surface area (Å²) in [4.78, 5) is 11.0. The van der Waals surface area contributed by atoms with E-state index in [-0.39, 0.29) is 11.7 Å². The predicted molar refractivity (Wildman–Crippen MR) is 56.7 cm³/mol. The van der Waals surface area contributed by atoms with Crippen LogP contribution in [0.1, 0.15) is 20.3 Å². The van der Waals surface area contributed by atoms with Crippen LogP contribution in [0.4, 0.5) is 0 Å². The highest BCUT2D eigenvalue weighted by Crippen LogP contribution is 2.09. The van der Waals surface area contributed by atoms with E-state index in [4.69, 9.17) is 0 Å². The van der Waals surface area contributed by atoms with Gasteiger partial charge in [0.05, 0.1) is 5.75 Å². The molecule has 0 radical (unpaired) electrons. The second-order valence-electron chi connectivity index (χ2n) is 3.96. The van der Waals surface area contributed by atoms with Crippen molar-refractivity contribution < 1.29 is 13.2 Å². The molecular formula is C9H17NO3S. The lowest BCUT2D eigenvalue weighted by Crippen LogP contribution is -2.43. The fourth-order valence-corrected chi connectivity index (χ4v) is 1.77. The smallest absolute Gasteiger partial charge is 0.243 e. The SMILES string of the molecule is C=CC(=O)NC(C)(C)CCS(C)(=O)=O. The van der Waals surface area contributed by atoms with Gasteiger partial charge in [0.25, 0.3) is 0 Å². The molecule has 0 aromatic rings. The van der Waals surface area contributed by atoms with Crippen LogP contribution in [-0.4, -0.2) is 31.9 Å². The summed E-state index contributed by atoms with van der Waals surface area (Å²) in [7, 11) is -2.98. The van der Waals surface area contributed by atoms with Crippen molar-refractivity contribution in [3.05, 3.63) is 12.7 Å². The third-order valence-corrected chi connectivity index (χ3v) is 2.69. The molecule has 0 fully saturated rings. The topological polar surface area (TPSA) is 63.2 Å². The van der Waals surface area contributed by atoms with Crippen molar-refractivity contribution in [2.24, 2.45) is 0 Å². The van der Waals surface area contributed by atoms with E-state index in [1.165, 1.54) is 12.3 Å². The van der Waals surface area contributed by atoms with Crippen LogP contribution in [0.5, 0.6) is 0 Å². The molecule has 0 rings (SSSR count). The van der Waals surface area contributed by atoms with E-state index in [1.54, 1.807) is 13.8 Å². The van der Waals surface area contributed by atoms with Gasteiger partial charge in [-0.25, -0.2) is 8.42 Å². The fraction of sp³-hybridized carbons (Fsp3) is 0.667. The Labute approximate surface area is 85.3 Å². The number of carbonyl (C=O) groups is 1. The van der Waals surface area contributed by atoms with Gasteiger partial charge in [-0.3, -0.25) is 4.79 Å². The van der Waals surface area contributed by atoms with Gasteiger partial charge in [0.15, 0.2) is 0 Å². The zero-order chi connectivity index (χ0) is 11.4. The molecule has 4 nitrogen and oxygen atoms in total. The van der Waals surface area contributed by atoms with Gasteiger partial charge in [-0.15, -0.1) is 0 Å². The van der Waals surface area contributed by atoms with Crippen LogP contribution in [0.3, 0.4) is 0 Å². The van der Waals surface area contributed by atoms with E-state index in [0.717, 1.165) is 0 Å². The first-order chi connectivity index (χ1) is 6.16. The number of hydrogen-bond acceptors (Lipinski definition) is 3. The number of rotatable bonds is 5. The summed E-state index contributed by atoms with van der Waals surface area (Å²) in [5, 5.41) is 2.66. The van der Waals surface area contributed by atoms with E-state index in [2.05, 4.69) is 11.9 Å². The molecule has 1 amide bonds. The predicted octanol–water partition coefficient (Wildman–Crippen LogP) is 0.502. The molecular weight excluding hydrogens is 202 g/mol. The Kier molecular flexibility index (Phi) is 4.32. The van der Waals surface area contributed by atoms with Crippen molar-refractivity contribution in [3.63, 3.8) is 0 Å². The van der Waals surface area contributed by atoms with Gasteiger partial charge in [0, 0.05) is 11.8 Å². The molecule has 0 bridgehead atoms. The second-order valence-corrected chi connectivity index (χ2v) is 6.22. The molecule has 14 heavy (non-hydrogen) atoms. The van der Waals surface area contributed by atoms with Crippen LogP contribution in [0.2, 0.25) is 0 Å². The Morgan fingerprint density at radius 1 is 1.50 bits per heavy atom. The van der Waals surface area contributed by atoms with E-state index in [0.29, 0.717) is 6.42 Å². The van der Waals surface area contributed by atoms with E-state index >= 15 is 0 Å². The summed E-state index contributed by atoms with van der Waals surface area (Å²) in [6.07, 6.45) is 2.74. The van der Waals surface area contributed by atoms with Crippen LogP contribution >= 0.6 is 0 Å². The summed E-state index contributed by atoms with van der Waals surface area (Å²) in [6, 6.07) is 0. The minimum atomic E-state index is -2.98. The van der Waals surface area contributed by atoms with Crippen molar-refractivity contribution in [1.29, 1.82) is 0 Å². The molecule has 0 aromatic carbocycles. The minimum Gasteiger partial charge on any atom is -0.348 e. The summed E-state index contributed by atoms with van der Waals surface area (Å²) in [5.74, 6) is -0.222. The molecule has 0 saturated carbocycles. The molecule has 1 N–H and O–H groups in total. The monoisotopic (exact) mass is 219 g/mol. The number of hydrogen-bond donors (Lipinski definition) is 1. The molecule has 0 aliphatic carbocycles. The van der Waals surface area contributed by atoms with E-state index in [9.17, 15) is 13.2 Å². The fourth-order valence-electron chi connectivity index (χ4n) is 0.888. The lowest BCUT2D eigenvalue weighted by molar-refractivity contribution is -0.118. The average Bonchev–Trinajstić information content (AvgIpc) is 1.99. The van der Waals surface area contributed by atoms with Crippen LogP contribution in [-0.2, 0) is 14.6 Å². The first-order valence-corrected chi connectivity index (χ1v) is 6.35. The molecule has 5 heteroatoms. The largest absolute Gasteiger partial charge is 0.348 e. The van der Waals surface area contributed by atoms with Crippen molar-refractivity contribution in [2.75, 3.05) is 12.0 Å². The highest BCUT2D eigenvalue weighted by Gasteiger charge is 2.20. The zero-order valence-corrected chi connectivity index (χ0v) is 9.65. The van der Waals surface area contributed by atoms with Gasteiger partial charge in [0.1, 0.15) is 9.84 Å². The number of sulfone groups is 1. The molecule has 0 atom stereocenters. The summed E-state index contributed by atoms with van der Waals surface area (Å²) < 4.78 is 21.8. The van der Waals surface area contributed by atoms with Crippen molar-refractivity contribution in [1.82, 2.24) is 5.32 Å². The standard InChI is InChI=1S/C9H17NO3S/c1-5-8(11)10-9(2,3)6-7-14(4,12)13/h5H,1,6-7H2,2-4H3,(H,10,11). The molecule has 0 aliphatic rings. The van der Waals surface area contributed by atoms with Gasteiger partial charge in [0.2, 0.25) is 5.91 Å². The quantitative estimate of drug-likeness (QED) is 0.685. The first-order valence-electron chi connectivity index (χ1n) is 4.28. The summed E-state index contributed by atoms with van der Waals surface area (Å²) in [5.41, 5.74) is -0.519. The second kappa shape index (κ2) is 4.59. The minimum absolute atomic E-state index is 0.0669. The molecule has 0 heterocycles. The van der Waals surface area contributed by atoms with Crippen molar-refractivity contribution in [2.45, 2.75) is 25.8 Å². The Hall–Kier alpha value is -0.840. The van der Waals surface area contributed by atoms with Gasteiger partial charge in [-0.1, -0.05) is 6.58 Å². The van der Waals surface area contributed by atoms with Gasteiger partial charge >= 0.3 is 0 Å². The summed E-state index contributed by atoms with van der Waals surface area (Å²) >= 11 is 0. The third-order valence-electron chi connectivity index (χ3n) is 1.74. The molecule has 0 saturated heterocycles. The van der Waals surface area contributed by atoms with Crippen LogP contribution in [0, 0.1) is 0 Å². The van der Waals surface area contributed by atoms with Crippen LogP contribution in [0.25, 0.3) is 0 Å². The van der Waals surface area contributed by atoms with E-state index in [1.807, 2.05) is 0 Å². The number of nitrogens with one attached hydrogen (secondary N) is 1. The molecule has 0 aliphatic heterocycles. The van der Waals surface area contributed by atoms with Crippen LogP contribution in [0.15, 0.2) is 12.7 Å². The van der Waals surface area contributed by atoms with Crippen LogP contribution < -0.4 is 5.32 Å². The van der Waals surface area contributed by atoms with Crippen molar-refractivity contribution >= 4 is 15.7 Å². The Bertz CT molecular complexity index is 317. The maximum Gasteiger partial charge on any atom is 0.243 e. The molecule has 0 spiro atoms. The Morgan fingerprint density at radius 2 is 2.00 bits per heavy atom. The van der Waals surface area contributed by atoms with E-state index < -0.39 is 15.4 Å². The van der Waals surface area contributed by atoms with Gasteiger partial charge in [-0.2, -0.15) is 0 Å². The van der Waals surface area contributed by atoms with Gasteiger partial charge < -0.3 is 5.32 Å². The first kappa shape index (κ1) is 13.2. The maximum atomic E-state index is 11.0. The average molecular weight is 219 g/mol. The molecule has 0 unspecified atom stereocenters. The summed E-state index contributed by atoms with van der Waals surface area (Å²) in [6.45, 7) is 6.88. The number of carbonyl (C=O) groups excluding carboxylic acids is 1. The zero-order valence-electron chi connectivity index (χ0n) is 8.83. The number of amides is 1. The molecule has 82 valence electrons. The lowest BCUT2D eigenvalue weighted by Gasteiger charge is -2.25. The highest BCUT2D eigenvalue weighted by molar-refractivity contribution is 7.90. The van der Waals surface area contributed by atoms with Crippen molar-refractivity contribution in [3.8, 4) is 0 Å². The normalized spacial score (nSPS) is 12.2. The Morgan fingerprint density at radius 3 is 2.36 bits per heavy atom. The van der Waals surface area contributed by atoms with Gasteiger partial charge in [-0.05, 0) is 26.3 Å². The maximum absolute atomic E-state index is 11.0. The molecule has 0 aromatic heterocycles. The highest BCUT2D eigenvalue weighted by atomic mass is 32.2. The third kappa shape index (κ3) is 6.65. The lowest BCUT2D eigenvalue weighted by atomic mass is 10.0. The Balaban J connectivity index is 4.21.